The summed E-state index contributed by atoms with van der Waals surface area (Å²) in [6, 6.07) is 0. The van der Waals surface area contributed by atoms with Gasteiger partial charge in [0.2, 0.25) is 0 Å². The van der Waals surface area contributed by atoms with Crippen LogP contribution in [0.4, 0.5) is 10.2 Å². The molecule has 7 rings (SSSR count). The molecule has 26 heteroatoms. The molecule has 326 valence electrons. The summed E-state index contributed by atoms with van der Waals surface area (Å²) in [4.78, 5) is 56.0. The van der Waals surface area contributed by atoms with Crippen molar-refractivity contribution >= 4 is 81.7 Å². The first kappa shape index (κ1) is 45.1. The maximum Gasteiger partial charge on any atom is 0.325 e. The van der Waals surface area contributed by atoms with Gasteiger partial charge in [0.15, 0.2) is 52.0 Å². The molecule has 59 heavy (non-hydrogen) atoms. The van der Waals surface area contributed by atoms with Gasteiger partial charge in [0, 0.05) is 6.20 Å². The van der Waals surface area contributed by atoms with E-state index in [-0.39, 0.29) is 33.5 Å². The number of H-pyrrole nitrogens is 1. The lowest BCUT2D eigenvalue weighted by molar-refractivity contribution is -0.0604. The third-order valence-electron chi connectivity index (χ3n) is 11.9. The third kappa shape index (κ3) is 8.71. The molecule has 0 aromatic carbocycles. The Morgan fingerprint density at radius 2 is 1.42 bits per heavy atom. The van der Waals surface area contributed by atoms with Gasteiger partial charge in [0.1, 0.15) is 53.9 Å². The number of ether oxygens (including phenoxy) is 2. The van der Waals surface area contributed by atoms with Gasteiger partial charge < -0.3 is 52.4 Å². The van der Waals surface area contributed by atoms with Gasteiger partial charge in [-0.1, -0.05) is 41.5 Å². The molecule has 3 aliphatic heterocycles. The predicted molar refractivity (Wildman–Crippen MR) is 227 cm³/mol. The lowest BCUT2D eigenvalue weighted by atomic mass is 10.1. The highest BCUT2D eigenvalue weighted by atomic mass is 32.5. The Morgan fingerprint density at radius 3 is 2.05 bits per heavy atom. The first-order valence-electron chi connectivity index (χ1n) is 18.8. The highest BCUT2D eigenvalue weighted by Gasteiger charge is 2.57. The number of fused-ring (bicyclic) bond motifs is 5. The Hall–Kier alpha value is -1.97. The second kappa shape index (κ2) is 15.7. The van der Waals surface area contributed by atoms with Crippen molar-refractivity contribution < 1.29 is 50.6 Å². The van der Waals surface area contributed by atoms with Gasteiger partial charge in [-0.25, -0.2) is 24.3 Å². The molecule has 19 nitrogen and oxygen atoms in total. The smallest absolute Gasteiger partial charge is 0.325 e. The van der Waals surface area contributed by atoms with Gasteiger partial charge in [-0.15, -0.1) is 0 Å². The zero-order valence-corrected chi connectivity index (χ0v) is 39.7. The number of rotatable bonds is 6. The quantitative estimate of drug-likeness (QED) is 0.145. The molecule has 3 aliphatic rings. The van der Waals surface area contributed by atoms with Crippen LogP contribution in [0.15, 0.2) is 30.0 Å². The molecule has 10 atom stereocenters. The fourth-order valence-corrected chi connectivity index (χ4v) is 12.1. The minimum absolute atomic E-state index is 0.0308. The van der Waals surface area contributed by atoms with Gasteiger partial charge in [0.05, 0.1) is 25.9 Å². The molecule has 0 aliphatic carbocycles. The number of nitrogens with two attached hydrogens (primary N) is 1. The number of nitrogens with one attached hydrogen (secondary N) is 1. The van der Waals surface area contributed by atoms with Crippen molar-refractivity contribution in [2.75, 3.05) is 18.9 Å². The van der Waals surface area contributed by atoms with Gasteiger partial charge in [-0.2, -0.15) is 0 Å². The molecule has 7 heterocycles. The van der Waals surface area contributed by atoms with Crippen molar-refractivity contribution in [3.63, 3.8) is 0 Å². The van der Waals surface area contributed by atoms with Crippen LogP contribution in [0.3, 0.4) is 0 Å². The fourth-order valence-electron chi connectivity index (χ4n) is 6.68. The Bertz CT molecular complexity index is 2390. The van der Waals surface area contributed by atoms with E-state index in [1.54, 1.807) is 4.57 Å². The van der Waals surface area contributed by atoms with Crippen molar-refractivity contribution in [2.24, 2.45) is 0 Å². The van der Waals surface area contributed by atoms with E-state index < -0.39 is 97.1 Å². The largest absolute Gasteiger partial charge is 0.408 e. The molecule has 0 radical (unpaired) electrons. The van der Waals surface area contributed by atoms with E-state index in [9.17, 15) is 14.6 Å². The van der Waals surface area contributed by atoms with E-state index in [1.807, 2.05) is 47.0 Å². The molecule has 0 spiro atoms. The summed E-state index contributed by atoms with van der Waals surface area (Å²) >= 11 is 11.4. The van der Waals surface area contributed by atoms with Crippen molar-refractivity contribution in [3.8, 4) is 0 Å². The second-order valence-corrected chi connectivity index (χ2v) is 33.0. The van der Waals surface area contributed by atoms with Crippen molar-refractivity contribution in [3.05, 3.63) is 41.3 Å². The van der Waals surface area contributed by atoms with E-state index >= 15 is 4.39 Å². The molecular weight excluding hydrogens is 886 g/mol. The summed E-state index contributed by atoms with van der Waals surface area (Å²) in [6.45, 7) is 11.0. The first-order chi connectivity index (χ1) is 27.2. The average Bonchev–Trinajstić information content (AvgIpc) is 3.85. The van der Waals surface area contributed by atoms with E-state index in [4.69, 9.17) is 65.8 Å². The highest BCUT2D eigenvalue weighted by molar-refractivity contribution is 8.07. The topological polar surface area (TPSA) is 235 Å². The number of nitrogen functional groups attached to an aromatic ring is 1. The Labute approximate surface area is 352 Å². The molecule has 0 saturated carbocycles. The Kier molecular flexibility index (Phi) is 12.0. The van der Waals surface area contributed by atoms with E-state index in [2.05, 4.69) is 45.7 Å². The van der Waals surface area contributed by atoms with E-state index in [1.165, 1.54) is 17.2 Å². The normalized spacial score (nSPS) is 32.8. The summed E-state index contributed by atoms with van der Waals surface area (Å²) in [5, 5.41) is -0.939. The zero-order valence-electron chi connectivity index (χ0n) is 34.3. The van der Waals surface area contributed by atoms with Crippen LogP contribution in [0.1, 0.15) is 54.0 Å². The molecule has 4 aromatic rings. The van der Waals surface area contributed by atoms with Crippen LogP contribution in [0, 0.1) is 5.82 Å². The summed E-state index contributed by atoms with van der Waals surface area (Å²) in [6.07, 6.45) is -4.02. The summed E-state index contributed by atoms with van der Waals surface area (Å²) in [5.41, 5.74) is 6.00. The molecule has 3 saturated heterocycles. The van der Waals surface area contributed by atoms with Gasteiger partial charge in [-0.3, -0.25) is 18.4 Å². The van der Waals surface area contributed by atoms with Crippen LogP contribution in [0.5, 0.6) is 0 Å². The minimum Gasteiger partial charge on any atom is -0.408 e. The standard InChI is InChI=1S/C33H51FN8O11P2S2Si2/c1-32(2,3)58(7,8)52-23-19-13-47-54(44,56)50-22-18(12-46-55(45,57)51-24(23)30(49-19)42-16-40-21-26(35)36-14-38-28(21)42)48-31(25(22)53-59(9,10)33(4,5)6)41-11-17(34)20-27(41)37-15-39-29(20)43/h11,14-16,18-19,22-25,30-31H,12-13H2,1-10H3,(H,44,56)(H,45,57)(H2,35,36,38)(H,37,39,43)/t18-,19-,22-,23?,24-,25?,30-,31-,54?,55?/m1/s1. The summed E-state index contributed by atoms with van der Waals surface area (Å²) < 4.78 is 70.4. The number of hydrogen-bond acceptors (Lipinski definition) is 16. The Morgan fingerprint density at radius 1 is 0.847 bits per heavy atom. The number of hydrogen-bond donors (Lipinski definition) is 4. The second-order valence-electron chi connectivity index (χ2n) is 17.9. The molecule has 0 amide bonds. The monoisotopic (exact) mass is 936 g/mol. The van der Waals surface area contributed by atoms with Crippen molar-refractivity contribution in [1.82, 2.24) is 34.1 Å². The third-order valence-corrected chi connectivity index (χ3v) is 23.9. The van der Waals surface area contributed by atoms with Crippen LogP contribution in [-0.4, -0.2) is 110 Å². The van der Waals surface area contributed by atoms with E-state index in [0.717, 1.165) is 12.5 Å². The number of anilines is 1. The fraction of sp³-hybridized carbons (Fsp3) is 0.667. The van der Waals surface area contributed by atoms with E-state index in [0.29, 0.717) is 11.2 Å². The van der Waals surface area contributed by atoms with Gasteiger partial charge in [0.25, 0.3) is 5.56 Å². The highest BCUT2D eigenvalue weighted by Crippen LogP contribution is 2.56. The van der Waals surface area contributed by atoms with Crippen molar-refractivity contribution in [2.45, 2.75) is 127 Å². The summed E-state index contributed by atoms with van der Waals surface area (Å²) in [7, 11) is -5.40. The minimum atomic E-state index is -4.27. The molecule has 4 unspecified atom stereocenters. The number of imidazole rings is 1. The first-order valence-corrected chi connectivity index (χ1v) is 29.8. The molecule has 2 bridgehead atoms. The number of nitrogens with zero attached hydrogens (tertiary/aromatic N) is 6. The molecule has 4 aromatic heterocycles. The maximum atomic E-state index is 15.5. The van der Waals surface area contributed by atoms with Crippen LogP contribution < -0.4 is 11.3 Å². The number of halogens is 1. The lowest BCUT2D eigenvalue weighted by Gasteiger charge is -2.41. The van der Waals surface area contributed by atoms with Crippen LogP contribution in [-0.2, 0) is 60.0 Å². The lowest BCUT2D eigenvalue weighted by Crippen LogP contribution is -2.50. The number of aromatic amines is 1. The predicted octanol–water partition coefficient (Wildman–Crippen LogP) is 5.11. The maximum absolute atomic E-state index is 15.5. The molecule has 3 fully saturated rings. The molecular formula is C33H51FN8O11P2S2Si2. The number of aromatic nitrogens is 7. The van der Waals surface area contributed by atoms with Crippen LogP contribution >= 0.6 is 13.4 Å². The van der Waals surface area contributed by atoms with Crippen LogP contribution in [0.25, 0.3) is 22.2 Å². The summed E-state index contributed by atoms with van der Waals surface area (Å²) in [5.74, 6) is -0.718. The van der Waals surface area contributed by atoms with Crippen LogP contribution in [0.2, 0.25) is 36.3 Å². The van der Waals surface area contributed by atoms with Crippen molar-refractivity contribution in [1.29, 1.82) is 0 Å². The van der Waals surface area contributed by atoms with Gasteiger partial charge >= 0.3 is 13.4 Å². The average molecular weight is 937 g/mol. The zero-order chi connectivity index (χ0) is 43.2. The van der Waals surface area contributed by atoms with Gasteiger partial charge in [-0.05, 0) is 59.9 Å². The Balaban J connectivity index is 1.31. The molecule has 5 N–H and O–H groups in total. The SMILES string of the molecule is CC(C)(C)[Si](C)(C)OC1[C@H]2OP(O)(=S)OC[C@H]3O[C@@H](n4cc(F)c5c(=O)[nH]cnc54)C(O[Si](C)(C)C(C)(C)C)[C@@H]3OP(O)(=S)OC[C@H]1O[C@H]2n1cnc2c(N)ncnc21.